The second kappa shape index (κ2) is 6.64. The molecule has 0 spiro atoms. The molecule has 4 aromatic rings. The van der Waals surface area contributed by atoms with E-state index in [1.165, 1.54) is 0 Å². The number of anilines is 1. The summed E-state index contributed by atoms with van der Waals surface area (Å²) in [6.07, 6.45) is 5.17. The molecule has 1 amide bonds. The highest BCUT2D eigenvalue weighted by Gasteiger charge is 2.11. The molecular formula is C19H16N6O. The zero-order chi connectivity index (χ0) is 17.9. The molecular weight excluding hydrogens is 328 g/mol. The summed E-state index contributed by atoms with van der Waals surface area (Å²) in [5, 5.41) is 9.78. The lowest BCUT2D eigenvalue weighted by atomic mass is 10.1. The molecule has 128 valence electrons. The summed E-state index contributed by atoms with van der Waals surface area (Å²) in [5.41, 5.74) is 2.66. The fourth-order valence-corrected chi connectivity index (χ4v) is 2.62. The quantitative estimate of drug-likeness (QED) is 0.595. The van der Waals surface area contributed by atoms with E-state index in [2.05, 4.69) is 25.5 Å². The number of nitrogens with one attached hydrogen (secondary N) is 2. The molecule has 0 radical (unpaired) electrons. The number of amides is 1. The molecule has 0 saturated heterocycles. The molecule has 0 unspecified atom stereocenters. The number of rotatable bonds is 4. The Hall–Kier alpha value is -3.74. The summed E-state index contributed by atoms with van der Waals surface area (Å²) in [5.74, 6) is 1.32. The monoisotopic (exact) mass is 344 g/mol. The minimum Gasteiger partial charge on any atom is -0.319 e. The maximum absolute atomic E-state index is 12.4. The maximum atomic E-state index is 12.4. The van der Waals surface area contributed by atoms with Gasteiger partial charge in [0.05, 0.1) is 17.6 Å². The Bertz CT molecular complexity index is 1030. The lowest BCUT2D eigenvalue weighted by Crippen LogP contribution is -2.12. The molecule has 0 bridgehead atoms. The van der Waals surface area contributed by atoms with Gasteiger partial charge in [-0.3, -0.25) is 14.5 Å². The number of pyridine rings is 1. The SMILES string of the molecule is Cc1nccn1-c1ccc(NC(=O)c2cc(-c3ccccc3)n[nH]2)cn1. The number of hydrogen-bond donors (Lipinski definition) is 2. The van der Waals surface area contributed by atoms with E-state index < -0.39 is 0 Å². The second-order valence-electron chi connectivity index (χ2n) is 5.74. The van der Waals surface area contributed by atoms with Gasteiger partial charge in [0, 0.05) is 18.0 Å². The molecule has 3 aromatic heterocycles. The molecule has 0 saturated carbocycles. The largest absolute Gasteiger partial charge is 0.319 e. The Morgan fingerprint density at radius 2 is 1.96 bits per heavy atom. The van der Waals surface area contributed by atoms with Crippen molar-refractivity contribution in [3.8, 4) is 17.1 Å². The molecule has 7 nitrogen and oxygen atoms in total. The number of benzene rings is 1. The van der Waals surface area contributed by atoms with Crippen LogP contribution in [-0.2, 0) is 0 Å². The van der Waals surface area contributed by atoms with Gasteiger partial charge in [-0.25, -0.2) is 9.97 Å². The Morgan fingerprint density at radius 3 is 2.65 bits per heavy atom. The molecule has 2 N–H and O–H groups in total. The smallest absolute Gasteiger partial charge is 0.273 e. The molecule has 26 heavy (non-hydrogen) atoms. The minimum absolute atomic E-state index is 0.270. The lowest BCUT2D eigenvalue weighted by molar-refractivity contribution is 0.102. The number of imidazole rings is 1. The van der Waals surface area contributed by atoms with Gasteiger partial charge < -0.3 is 5.32 Å². The molecule has 7 heteroatoms. The van der Waals surface area contributed by atoms with Crippen molar-refractivity contribution < 1.29 is 4.79 Å². The summed E-state index contributed by atoms with van der Waals surface area (Å²) in [6, 6.07) is 15.0. The van der Waals surface area contributed by atoms with E-state index in [0.717, 1.165) is 22.9 Å². The maximum Gasteiger partial charge on any atom is 0.273 e. The molecule has 0 aliphatic rings. The summed E-state index contributed by atoms with van der Waals surface area (Å²) in [4.78, 5) is 20.9. The number of hydrogen-bond acceptors (Lipinski definition) is 4. The van der Waals surface area contributed by atoms with Gasteiger partial charge in [0.1, 0.15) is 17.3 Å². The van der Waals surface area contributed by atoms with Crippen LogP contribution in [0.3, 0.4) is 0 Å². The number of aromatic amines is 1. The van der Waals surface area contributed by atoms with Gasteiger partial charge in [0.15, 0.2) is 0 Å². The zero-order valence-corrected chi connectivity index (χ0v) is 14.0. The van der Waals surface area contributed by atoms with Gasteiger partial charge in [-0.15, -0.1) is 0 Å². The average molecular weight is 344 g/mol. The van der Waals surface area contributed by atoms with E-state index >= 15 is 0 Å². The van der Waals surface area contributed by atoms with E-state index in [4.69, 9.17) is 0 Å². The van der Waals surface area contributed by atoms with Crippen molar-refractivity contribution >= 4 is 11.6 Å². The van der Waals surface area contributed by atoms with Gasteiger partial charge in [-0.2, -0.15) is 5.10 Å². The fraction of sp³-hybridized carbons (Fsp3) is 0.0526. The van der Waals surface area contributed by atoms with Crippen LogP contribution >= 0.6 is 0 Å². The summed E-state index contributed by atoms with van der Waals surface area (Å²) in [6.45, 7) is 1.90. The third-order valence-electron chi connectivity index (χ3n) is 3.97. The molecule has 0 fully saturated rings. The van der Waals surface area contributed by atoms with Crippen LogP contribution in [0.15, 0.2) is 67.1 Å². The van der Waals surface area contributed by atoms with Crippen molar-refractivity contribution in [3.05, 3.63) is 78.6 Å². The number of nitrogens with zero attached hydrogens (tertiary/aromatic N) is 4. The zero-order valence-electron chi connectivity index (χ0n) is 14.0. The predicted octanol–water partition coefficient (Wildman–Crippen LogP) is 3.22. The Labute approximate surface area is 149 Å². The van der Waals surface area contributed by atoms with Crippen LogP contribution in [0.2, 0.25) is 0 Å². The van der Waals surface area contributed by atoms with Crippen LogP contribution in [0.5, 0.6) is 0 Å². The van der Waals surface area contributed by atoms with Crippen LogP contribution in [0.25, 0.3) is 17.1 Å². The third kappa shape index (κ3) is 3.10. The number of aryl methyl sites for hydroxylation is 1. The van der Waals surface area contributed by atoms with E-state index in [0.29, 0.717) is 11.4 Å². The molecule has 0 aliphatic carbocycles. The van der Waals surface area contributed by atoms with Crippen LogP contribution in [0, 0.1) is 6.92 Å². The fourth-order valence-electron chi connectivity index (χ4n) is 2.62. The van der Waals surface area contributed by atoms with Crippen molar-refractivity contribution in [1.82, 2.24) is 24.7 Å². The Balaban J connectivity index is 1.48. The van der Waals surface area contributed by atoms with Gasteiger partial charge in [0.25, 0.3) is 5.91 Å². The van der Waals surface area contributed by atoms with Crippen molar-refractivity contribution in [1.29, 1.82) is 0 Å². The van der Waals surface area contributed by atoms with Gasteiger partial charge >= 0.3 is 0 Å². The molecule has 0 atom stereocenters. The molecule has 4 rings (SSSR count). The summed E-state index contributed by atoms with van der Waals surface area (Å²) in [7, 11) is 0. The summed E-state index contributed by atoms with van der Waals surface area (Å²) < 4.78 is 1.87. The number of carbonyl (C=O) groups is 1. The van der Waals surface area contributed by atoms with E-state index in [9.17, 15) is 4.79 Å². The first kappa shape index (κ1) is 15.8. The number of aromatic nitrogens is 5. The van der Waals surface area contributed by atoms with Crippen LogP contribution in [0.4, 0.5) is 5.69 Å². The Morgan fingerprint density at radius 1 is 1.12 bits per heavy atom. The first-order valence-corrected chi connectivity index (χ1v) is 8.09. The van der Waals surface area contributed by atoms with Crippen molar-refractivity contribution in [2.24, 2.45) is 0 Å². The molecule has 1 aromatic carbocycles. The standard InChI is InChI=1S/C19H16N6O/c1-13-20-9-10-25(13)18-8-7-15(12-21-18)22-19(26)17-11-16(23-24-17)14-5-3-2-4-6-14/h2-12H,1H3,(H,22,26)(H,23,24). The first-order chi connectivity index (χ1) is 12.7. The van der Waals surface area contributed by atoms with E-state index in [1.807, 2.05) is 54.1 Å². The van der Waals surface area contributed by atoms with Crippen LogP contribution in [0.1, 0.15) is 16.3 Å². The van der Waals surface area contributed by atoms with E-state index in [1.54, 1.807) is 24.5 Å². The highest BCUT2D eigenvalue weighted by Crippen LogP contribution is 2.18. The number of carbonyl (C=O) groups excluding carboxylic acids is 1. The predicted molar refractivity (Wildman–Crippen MR) is 98.1 cm³/mol. The van der Waals surface area contributed by atoms with Crippen molar-refractivity contribution in [2.75, 3.05) is 5.32 Å². The van der Waals surface area contributed by atoms with E-state index in [-0.39, 0.29) is 5.91 Å². The molecule has 0 aliphatic heterocycles. The van der Waals surface area contributed by atoms with Gasteiger partial charge in [-0.05, 0) is 25.1 Å². The second-order valence-corrected chi connectivity index (χ2v) is 5.74. The summed E-state index contributed by atoms with van der Waals surface area (Å²) >= 11 is 0. The molecule has 3 heterocycles. The third-order valence-corrected chi connectivity index (χ3v) is 3.97. The lowest BCUT2D eigenvalue weighted by Gasteiger charge is -2.06. The van der Waals surface area contributed by atoms with Crippen molar-refractivity contribution in [2.45, 2.75) is 6.92 Å². The topological polar surface area (TPSA) is 88.5 Å². The normalized spacial score (nSPS) is 10.7. The minimum atomic E-state index is -0.270. The van der Waals surface area contributed by atoms with Crippen LogP contribution < -0.4 is 5.32 Å². The first-order valence-electron chi connectivity index (χ1n) is 8.09. The van der Waals surface area contributed by atoms with Gasteiger partial charge in [-0.1, -0.05) is 30.3 Å². The highest BCUT2D eigenvalue weighted by molar-refractivity contribution is 6.03. The van der Waals surface area contributed by atoms with Crippen LogP contribution in [-0.4, -0.2) is 30.6 Å². The van der Waals surface area contributed by atoms with Gasteiger partial charge in [0.2, 0.25) is 0 Å². The Kier molecular flexibility index (Phi) is 4.03. The average Bonchev–Trinajstić information content (AvgIpc) is 3.32. The highest BCUT2D eigenvalue weighted by atomic mass is 16.1. The van der Waals surface area contributed by atoms with Crippen molar-refractivity contribution in [3.63, 3.8) is 0 Å². The number of H-pyrrole nitrogens is 1.